The van der Waals surface area contributed by atoms with Gasteiger partial charge in [-0.1, -0.05) is 59.6 Å². The SMILES string of the molecule is COc1cc(C(=O)N2CC[C@](CCN3CC[C@@H](c4ccccc4)[C@@H](C(N)=O)C3)(c3ccc(Cl)c(Cl)c3)C2)cc(OC)c1OC. The third kappa shape index (κ3) is 6.48. The Hall–Kier alpha value is -3.46. The predicted molar refractivity (Wildman–Crippen MR) is 172 cm³/mol. The monoisotopic (exact) mass is 639 g/mol. The summed E-state index contributed by atoms with van der Waals surface area (Å²) < 4.78 is 16.4. The molecular formula is C34H39Cl2N3O5. The fraction of sp³-hybridized carbons (Fsp3) is 0.412. The molecule has 2 N–H and O–H groups in total. The van der Waals surface area contributed by atoms with Gasteiger partial charge in [-0.15, -0.1) is 0 Å². The summed E-state index contributed by atoms with van der Waals surface area (Å²) in [4.78, 5) is 30.7. The molecule has 3 aromatic carbocycles. The minimum atomic E-state index is -0.358. The van der Waals surface area contributed by atoms with Crippen LogP contribution in [0, 0.1) is 5.92 Å². The first-order valence-electron chi connectivity index (χ1n) is 14.8. The number of amides is 2. The van der Waals surface area contributed by atoms with Gasteiger partial charge in [0.25, 0.3) is 5.91 Å². The summed E-state index contributed by atoms with van der Waals surface area (Å²) in [5, 5.41) is 0.969. The summed E-state index contributed by atoms with van der Waals surface area (Å²) in [6.07, 6.45) is 2.37. The van der Waals surface area contributed by atoms with Crippen LogP contribution in [0.3, 0.4) is 0 Å². The Morgan fingerprint density at radius 3 is 2.25 bits per heavy atom. The van der Waals surface area contributed by atoms with Crippen LogP contribution in [0.5, 0.6) is 17.2 Å². The number of piperidine rings is 1. The van der Waals surface area contributed by atoms with Crippen LogP contribution in [0.1, 0.15) is 46.7 Å². The molecule has 0 bridgehead atoms. The number of ether oxygens (including phenoxy) is 3. The molecular weight excluding hydrogens is 601 g/mol. The molecule has 0 aliphatic carbocycles. The number of nitrogens with zero attached hydrogens (tertiary/aromatic N) is 2. The highest BCUT2D eigenvalue weighted by molar-refractivity contribution is 6.42. The highest BCUT2D eigenvalue weighted by Crippen LogP contribution is 2.43. The quantitative estimate of drug-likeness (QED) is 0.302. The standard InChI is InChI=1S/C34H39Cl2N3O5/c1-42-29-17-23(18-30(43-2)31(29)44-3)33(41)39-16-13-34(21-39,24-9-10-27(35)28(36)19-24)12-15-38-14-11-25(26(20-38)32(37)40)22-7-5-4-6-8-22/h4-10,17-19,25-26H,11-16,20-21H2,1-3H3,(H2,37,40)/t25-,26-,34-/m0/s1. The second-order valence-electron chi connectivity index (χ2n) is 11.7. The minimum absolute atomic E-state index is 0.104. The van der Waals surface area contributed by atoms with Crippen molar-refractivity contribution in [2.24, 2.45) is 11.7 Å². The normalized spacial score (nSPS) is 22.1. The molecule has 2 aliphatic rings. The van der Waals surface area contributed by atoms with E-state index >= 15 is 0 Å². The van der Waals surface area contributed by atoms with E-state index < -0.39 is 0 Å². The second-order valence-corrected chi connectivity index (χ2v) is 12.5. The Kier molecular flexibility index (Phi) is 9.93. The molecule has 2 heterocycles. The number of likely N-dealkylation sites (tertiary alicyclic amines) is 2. The lowest BCUT2D eigenvalue weighted by molar-refractivity contribution is -0.124. The average Bonchev–Trinajstić information content (AvgIpc) is 3.49. The first kappa shape index (κ1) is 31.9. The Bertz CT molecular complexity index is 1480. The largest absolute Gasteiger partial charge is 0.493 e. The van der Waals surface area contributed by atoms with Crippen LogP contribution in [-0.4, -0.2) is 75.7 Å². The van der Waals surface area contributed by atoms with Crippen molar-refractivity contribution < 1.29 is 23.8 Å². The number of hydrogen-bond donors (Lipinski definition) is 1. The van der Waals surface area contributed by atoms with Crippen molar-refractivity contribution in [2.45, 2.75) is 30.6 Å². The Morgan fingerprint density at radius 1 is 0.932 bits per heavy atom. The molecule has 2 amide bonds. The van der Waals surface area contributed by atoms with Gasteiger partial charge in [-0.3, -0.25) is 9.59 Å². The van der Waals surface area contributed by atoms with E-state index in [1.165, 1.54) is 21.3 Å². The van der Waals surface area contributed by atoms with E-state index in [2.05, 4.69) is 17.0 Å². The van der Waals surface area contributed by atoms with E-state index in [9.17, 15) is 9.59 Å². The lowest BCUT2D eigenvalue weighted by Gasteiger charge is -2.39. The summed E-state index contributed by atoms with van der Waals surface area (Å²) in [6, 6.07) is 19.3. The molecule has 2 fully saturated rings. The highest BCUT2D eigenvalue weighted by atomic mass is 35.5. The number of methoxy groups -OCH3 is 3. The van der Waals surface area contributed by atoms with E-state index in [-0.39, 0.29) is 29.1 Å². The maximum absolute atomic E-state index is 13.9. The van der Waals surface area contributed by atoms with E-state index in [4.69, 9.17) is 43.1 Å². The number of nitrogens with two attached hydrogens (primary N) is 1. The molecule has 0 saturated carbocycles. The summed E-state index contributed by atoms with van der Waals surface area (Å²) in [5.41, 5.74) is 8.22. The maximum Gasteiger partial charge on any atom is 0.254 e. The highest BCUT2D eigenvalue weighted by Gasteiger charge is 2.43. The van der Waals surface area contributed by atoms with Crippen molar-refractivity contribution in [1.82, 2.24) is 9.80 Å². The second kappa shape index (κ2) is 13.7. The molecule has 10 heteroatoms. The van der Waals surface area contributed by atoms with Gasteiger partial charge in [0.1, 0.15) is 0 Å². The number of halogens is 2. The number of carbonyl (C=O) groups excluding carboxylic acids is 2. The van der Waals surface area contributed by atoms with Gasteiger partial charge in [0, 0.05) is 30.6 Å². The van der Waals surface area contributed by atoms with Crippen LogP contribution in [0.15, 0.2) is 60.7 Å². The van der Waals surface area contributed by atoms with Crippen molar-refractivity contribution >= 4 is 35.0 Å². The van der Waals surface area contributed by atoms with Gasteiger partial charge in [-0.25, -0.2) is 0 Å². The van der Waals surface area contributed by atoms with E-state index in [1.54, 1.807) is 12.1 Å². The van der Waals surface area contributed by atoms with Crippen molar-refractivity contribution in [3.63, 3.8) is 0 Å². The fourth-order valence-corrected chi connectivity index (χ4v) is 7.12. The average molecular weight is 641 g/mol. The number of hydrogen-bond acceptors (Lipinski definition) is 6. The maximum atomic E-state index is 13.9. The first-order chi connectivity index (χ1) is 21.2. The summed E-state index contributed by atoms with van der Waals surface area (Å²) in [5.74, 6) is 0.722. The molecule has 2 saturated heterocycles. The van der Waals surface area contributed by atoms with Crippen LogP contribution in [0.4, 0.5) is 0 Å². The Morgan fingerprint density at radius 2 is 1.64 bits per heavy atom. The Labute approximate surface area is 269 Å². The predicted octanol–water partition coefficient (Wildman–Crippen LogP) is 5.78. The van der Waals surface area contributed by atoms with Crippen molar-refractivity contribution in [2.75, 3.05) is 54.1 Å². The van der Waals surface area contributed by atoms with Crippen LogP contribution in [-0.2, 0) is 10.2 Å². The molecule has 2 aliphatic heterocycles. The van der Waals surface area contributed by atoms with E-state index in [1.807, 2.05) is 41.3 Å². The van der Waals surface area contributed by atoms with Crippen molar-refractivity contribution in [1.29, 1.82) is 0 Å². The third-order valence-corrected chi connectivity index (χ3v) is 10.0. The van der Waals surface area contributed by atoms with Gasteiger partial charge < -0.3 is 29.7 Å². The van der Waals surface area contributed by atoms with Crippen LogP contribution < -0.4 is 19.9 Å². The third-order valence-electron chi connectivity index (χ3n) is 9.28. The molecule has 5 rings (SSSR count). The van der Waals surface area contributed by atoms with Crippen LogP contribution in [0.2, 0.25) is 10.0 Å². The van der Waals surface area contributed by atoms with Crippen molar-refractivity contribution in [3.05, 3.63) is 87.4 Å². The van der Waals surface area contributed by atoms with Crippen molar-refractivity contribution in [3.8, 4) is 17.2 Å². The summed E-state index contributed by atoms with van der Waals surface area (Å²) >= 11 is 12.8. The lowest BCUT2D eigenvalue weighted by Crippen LogP contribution is -2.46. The minimum Gasteiger partial charge on any atom is -0.493 e. The zero-order chi connectivity index (χ0) is 31.4. The topological polar surface area (TPSA) is 94.3 Å². The van der Waals surface area contributed by atoms with Gasteiger partial charge in [-0.2, -0.15) is 0 Å². The molecule has 3 atom stereocenters. The van der Waals surface area contributed by atoms with E-state index in [0.717, 1.165) is 43.5 Å². The molecule has 0 aromatic heterocycles. The summed E-state index contributed by atoms with van der Waals surface area (Å²) in [6.45, 7) is 3.27. The Balaban J connectivity index is 1.38. The fourth-order valence-electron chi connectivity index (χ4n) is 6.83. The number of primary amides is 1. The molecule has 0 radical (unpaired) electrons. The zero-order valence-electron chi connectivity index (χ0n) is 25.4. The number of benzene rings is 3. The smallest absolute Gasteiger partial charge is 0.254 e. The molecule has 3 aromatic rings. The van der Waals surface area contributed by atoms with Crippen LogP contribution >= 0.6 is 23.2 Å². The van der Waals surface area contributed by atoms with Gasteiger partial charge in [0.05, 0.1) is 37.3 Å². The van der Waals surface area contributed by atoms with Gasteiger partial charge in [-0.05, 0) is 73.7 Å². The van der Waals surface area contributed by atoms with Crippen LogP contribution in [0.25, 0.3) is 0 Å². The lowest BCUT2D eigenvalue weighted by atomic mass is 9.76. The molecule has 8 nitrogen and oxygen atoms in total. The number of rotatable bonds is 10. The molecule has 0 unspecified atom stereocenters. The number of carbonyl (C=O) groups is 2. The molecule has 234 valence electrons. The molecule has 0 spiro atoms. The van der Waals surface area contributed by atoms with Gasteiger partial charge in [0.15, 0.2) is 11.5 Å². The van der Waals surface area contributed by atoms with Gasteiger partial charge in [0.2, 0.25) is 11.7 Å². The summed E-state index contributed by atoms with van der Waals surface area (Å²) in [7, 11) is 4.59. The first-order valence-corrected chi connectivity index (χ1v) is 15.6. The molecule has 44 heavy (non-hydrogen) atoms. The van der Waals surface area contributed by atoms with E-state index in [0.29, 0.717) is 52.5 Å². The zero-order valence-corrected chi connectivity index (χ0v) is 26.9. The van der Waals surface area contributed by atoms with Gasteiger partial charge >= 0.3 is 0 Å².